The number of anilines is 1. The number of alkyl halides is 4. The van der Waals surface area contributed by atoms with E-state index in [9.17, 15) is 36.7 Å². The van der Waals surface area contributed by atoms with Crippen molar-refractivity contribution >= 4 is 35.8 Å². The number of aldehydes is 1. The molecule has 1 atom stereocenters. The summed E-state index contributed by atoms with van der Waals surface area (Å²) in [5.41, 5.74) is 3.89. The van der Waals surface area contributed by atoms with Crippen LogP contribution >= 0.6 is 0 Å². The molecule has 0 fully saturated rings. The van der Waals surface area contributed by atoms with Crippen molar-refractivity contribution < 1.29 is 41.5 Å². The van der Waals surface area contributed by atoms with Crippen LogP contribution in [0.1, 0.15) is 37.2 Å². The molecule has 2 aromatic carbocycles. The normalized spacial score (nSPS) is 13.2. The van der Waals surface area contributed by atoms with E-state index in [-0.39, 0.29) is 35.9 Å². The molecule has 14 heteroatoms. The quantitative estimate of drug-likeness (QED) is 0.104. The number of amides is 2. The second-order valence-corrected chi connectivity index (χ2v) is 9.50. The minimum Gasteiger partial charge on any atom is -0.469 e. The molecule has 0 unspecified atom stereocenters. The highest BCUT2D eigenvalue weighted by Crippen LogP contribution is 2.40. The van der Waals surface area contributed by atoms with Crippen LogP contribution in [-0.2, 0) is 36.3 Å². The number of nitrogens with zero attached hydrogens (tertiary/aromatic N) is 2. The van der Waals surface area contributed by atoms with Gasteiger partial charge in [0.05, 0.1) is 13.5 Å². The van der Waals surface area contributed by atoms with Crippen molar-refractivity contribution in [2.24, 2.45) is 0 Å². The number of carbonyl (C=O) groups is 4. The van der Waals surface area contributed by atoms with Crippen LogP contribution in [0.25, 0.3) is 17.0 Å². The van der Waals surface area contributed by atoms with Gasteiger partial charge < -0.3 is 15.4 Å². The lowest BCUT2D eigenvalue weighted by Crippen LogP contribution is -2.41. The number of H-pyrrole nitrogens is 1. The molecule has 3 rings (SSSR count). The van der Waals surface area contributed by atoms with Gasteiger partial charge in [-0.25, -0.2) is 4.98 Å². The Hall–Kier alpha value is -5.14. The Morgan fingerprint density at radius 3 is 2.27 bits per heavy atom. The second-order valence-electron chi connectivity index (χ2n) is 9.50. The molecule has 2 amide bonds. The molecule has 0 bridgehead atoms. The van der Waals surface area contributed by atoms with Gasteiger partial charge in [0.1, 0.15) is 6.04 Å². The molecule has 0 saturated carbocycles. The molecule has 0 saturated heterocycles. The fraction of sp³-hybridized carbons (Fsp3) is 0.267. The molecule has 232 valence electrons. The van der Waals surface area contributed by atoms with E-state index in [1.54, 1.807) is 11.2 Å². The summed E-state index contributed by atoms with van der Waals surface area (Å²) in [4.78, 5) is 49.4. The van der Waals surface area contributed by atoms with Crippen LogP contribution in [0, 0.1) is 0 Å². The SMILES string of the molecule is C/C=C(\C(C)=C/CC(=O)OC)c1ccc(C[C@H](NC=O)C(=O)Nc2ccc(-c3n[nH]c(C(F)(F)C(F)(F)C=O)n3)cc2)cc1. The van der Waals surface area contributed by atoms with Crippen LogP contribution in [0.2, 0.25) is 0 Å². The van der Waals surface area contributed by atoms with E-state index in [2.05, 4.69) is 25.5 Å². The van der Waals surface area contributed by atoms with E-state index < -0.39 is 35.9 Å². The molecular weight excluding hydrogens is 586 g/mol. The third kappa shape index (κ3) is 7.82. The number of hydrogen-bond donors (Lipinski definition) is 3. The first kappa shape index (κ1) is 33.4. The highest BCUT2D eigenvalue weighted by molar-refractivity contribution is 5.96. The van der Waals surface area contributed by atoms with Crippen molar-refractivity contribution in [3.8, 4) is 11.4 Å². The van der Waals surface area contributed by atoms with Crippen molar-refractivity contribution in [3.05, 3.63) is 83.2 Å². The van der Waals surface area contributed by atoms with E-state index in [0.717, 1.165) is 22.3 Å². The number of ether oxygens (including phenoxy) is 1. The number of benzene rings is 2. The van der Waals surface area contributed by atoms with Gasteiger partial charge in [-0.15, -0.1) is 0 Å². The van der Waals surface area contributed by atoms with Crippen molar-refractivity contribution in [1.82, 2.24) is 20.5 Å². The van der Waals surface area contributed by atoms with E-state index in [1.165, 1.54) is 31.4 Å². The molecule has 0 spiro atoms. The van der Waals surface area contributed by atoms with Crippen molar-refractivity contribution in [2.75, 3.05) is 12.4 Å². The maximum Gasteiger partial charge on any atom is 0.375 e. The number of methoxy groups -OCH3 is 1. The Balaban J connectivity index is 1.68. The molecular formula is C30H29F4N5O5. The summed E-state index contributed by atoms with van der Waals surface area (Å²) in [6.45, 7) is 3.75. The number of esters is 1. The average molecular weight is 616 g/mol. The number of aromatic nitrogens is 3. The number of carbonyl (C=O) groups excluding carboxylic acids is 4. The minimum atomic E-state index is -4.98. The first-order chi connectivity index (χ1) is 20.9. The lowest BCUT2D eigenvalue weighted by Gasteiger charge is -2.18. The predicted octanol–water partition coefficient (Wildman–Crippen LogP) is 4.61. The molecule has 10 nitrogen and oxygen atoms in total. The van der Waals surface area contributed by atoms with Gasteiger partial charge in [-0.2, -0.15) is 22.7 Å². The number of allylic oxidation sites excluding steroid dienone is 3. The van der Waals surface area contributed by atoms with Crippen LogP contribution < -0.4 is 10.6 Å². The Kier molecular flexibility index (Phi) is 10.9. The lowest BCUT2D eigenvalue weighted by atomic mass is 9.95. The minimum absolute atomic E-state index is 0.137. The zero-order chi connectivity index (χ0) is 32.5. The summed E-state index contributed by atoms with van der Waals surface area (Å²) in [7, 11) is 1.32. The van der Waals surface area contributed by atoms with Gasteiger partial charge >= 0.3 is 17.8 Å². The Morgan fingerprint density at radius 1 is 1.05 bits per heavy atom. The summed E-state index contributed by atoms with van der Waals surface area (Å²) in [5, 5.41) is 10.4. The lowest BCUT2D eigenvalue weighted by molar-refractivity contribution is -0.206. The highest BCUT2D eigenvalue weighted by atomic mass is 19.3. The Labute approximate surface area is 249 Å². The largest absolute Gasteiger partial charge is 0.469 e. The van der Waals surface area contributed by atoms with Gasteiger partial charge in [0.2, 0.25) is 18.1 Å². The standard InChI is InChI=1S/C30H29F4N5O5/c1-4-23(18(2)5-14-25(42)44-3)20-8-6-19(7-9-20)15-24(35-17-41)27(43)36-22-12-10-21(11-13-22)26-37-28(39-38-26)30(33,34)29(31,32)16-40/h4-13,16-17,24H,14-15H2,1-3H3,(H,35,41)(H,36,43)(H,37,38,39)/b18-5-,23-4+/t24-/m0/s1. The monoisotopic (exact) mass is 615 g/mol. The van der Waals surface area contributed by atoms with Gasteiger partial charge in [0.15, 0.2) is 12.1 Å². The van der Waals surface area contributed by atoms with E-state index in [1.807, 2.05) is 44.2 Å². The maximum atomic E-state index is 13.9. The molecule has 0 aliphatic carbocycles. The highest BCUT2D eigenvalue weighted by Gasteiger charge is 2.60. The Morgan fingerprint density at radius 2 is 1.70 bits per heavy atom. The number of aromatic amines is 1. The summed E-state index contributed by atoms with van der Waals surface area (Å²) in [5.74, 6) is -12.6. The summed E-state index contributed by atoms with van der Waals surface area (Å²) < 4.78 is 59.2. The number of halogens is 4. The third-order valence-corrected chi connectivity index (χ3v) is 6.57. The second kappa shape index (κ2) is 14.4. The van der Waals surface area contributed by atoms with E-state index >= 15 is 0 Å². The zero-order valence-electron chi connectivity index (χ0n) is 23.9. The smallest absolute Gasteiger partial charge is 0.375 e. The topological polar surface area (TPSA) is 143 Å². The van der Waals surface area contributed by atoms with Crippen molar-refractivity contribution in [1.29, 1.82) is 0 Å². The number of rotatable bonds is 14. The Bertz CT molecular complexity index is 1550. The van der Waals surface area contributed by atoms with Gasteiger partial charge in [0, 0.05) is 17.7 Å². The van der Waals surface area contributed by atoms with E-state index in [0.29, 0.717) is 6.41 Å². The number of hydrogen-bond acceptors (Lipinski definition) is 7. The summed E-state index contributed by atoms with van der Waals surface area (Å²) in [6.07, 6.45) is 3.22. The molecule has 44 heavy (non-hydrogen) atoms. The van der Waals surface area contributed by atoms with Gasteiger partial charge in [-0.1, -0.05) is 36.4 Å². The zero-order valence-corrected chi connectivity index (χ0v) is 23.9. The molecule has 1 aromatic heterocycles. The first-order valence-corrected chi connectivity index (χ1v) is 13.1. The first-order valence-electron chi connectivity index (χ1n) is 13.1. The van der Waals surface area contributed by atoms with Crippen LogP contribution in [0.5, 0.6) is 0 Å². The van der Waals surface area contributed by atoms with Gasteiger partial charge in [0.25, 0.3) is 0 Å². The molecule has 1 heterocycles. The third-order valence-electron chi connectivity index (χ3n) is 6.57. The van der Waals surface area contributed by atoms with Crippen molar-refractivity contribution in [3.63, 3.8) is 0 Å². The van der Waals surface area contributed by atoms with Crippen LogP contribution in [0.3, 0.4) is 0 Å². The van der Waals surface area contributed by atoms with E-state index in [4.69, 9.17) is 0 Å². The fourth-order valence-corrected chi connectivity index (χ4v) is 4.11. The molecule has 3 N–H and O–H groups in total. The van der Waals surface area contributed by atoms with Crippen molar-refractivity contribution in [2.45, 2.75) is 44.6 Å². The maximum absolute atomic E-state index is 13.9. The fourth-order valence-electron chi connectivity index (χ4n) is 4.11. The summed E-state index contributed by atoms with van der Waals surface area (Å²) >= 11 is 0. The van der Waals surface area contributed by atoms with Gasteiger partial charge in [-0.3, -0.25) is 24.3 Å². The van der Waals surface area contributed by atoms with Crippen LogP contribution in [0.4, 0.5) is 23.2 Å². The molecule has 0 aliphatic rings. The average Bonchev–Trinajstić information content (AvgIpc) is 3.52. The van der Waals surface area contributed by atoms with Gasteiger partial charge in [-0.05, 0) is 60.4 Å². The van der Waals surface area contributed by atoms with Crippen LogP contribution in [-0.4, -0.2) is 58.8 Å². The van der Waals surface area contributed by atoms with Crippen LogP contribution in [0.15, 0.2) is 66.3 Å². The molecule has 3 aromatic rings. The molecule has 0 aliphatic heterocycles. The molecule has 0 radical (unpaired) electrons. The predicted molar refractivity (Wildman–Crippen MR) is 153 cm³/mol. The number of nitrogens with one attached hydrogen (secondary N) is 3. The summed E-state index contributed by atoms with van der Waals surface area (Å²) in [6, 6.07) is 11.9.